The molecule has 2 aromatic rings. The van der Waals surface area contributed by atoms with Crippen molar-refractivity contribution in [2.45, 2.75) is 32.2 Å². The van der Waals surface area contributed by atoms with E-state index in [1.165, 1.54) is 5.56 Å². The van der Waals surface area contributed by atoms with E-state index in [4.69, 9.17) is 0 Å². The summed E-state index contributed by atoms with van der Waals surface area (Å²) in [5.41, 5.74) is 2.33. The van der Waals surface area contributed by atoms with Crippen LogP contribution in [-0.2, 0) is 27.3 Å². The molecule has 0 bridgehead atoms. The van der Waals surface area contributed by atoms with Crippen LogP contribution in [0.4, 0.5) is 0 Å². The largest absolute Gasteiger partial charge is 0.339 e. The summed E-state index contributed by atoms with van der Waals surface area (Å²) in [6.45, 7) is 3.27. The van der Waals surface area contributed by atoms with Crippen LogP contribution >= 0.6 is 0 Å². The number of aryl methyl sites for hydroxylation is 1. The van der Waals surface area contributed by atoms with E-state index in [9.17, 15) is 14.4 Å². The lowest BCUT2D eigenvalue weighted by Gasteiger charge is -2.36. The van der Waals surface area contributed by atoms with E-state index in [1.807, 2.05) is 58.3 Å². The smallest absolute Gasteiger partial charge is 0.228 e. The topological polar surface area (TPSA) is 60.9 Å². The minimum Gasteiger partial charge on any atom is -0.339 e. The average Bonchev–Trinajstić information content (AvgIpc) is 3.20. The minimum atomic E-state index is -0.278. The second-order valence-electron chi connectivity index (χ2n) is 8.71. The quantitative estimate of drug-likeness (QED) is 0.675. The first-order chi connectivity index (χ1) is 15.6. The SMILES string of the molecule is O=C(CCCc1ccccc1)N1CCN(C(=O)C2CC(=O)N(Cc3ccccc3)C2)CC1. The van der Waals surface area contributed by atoms with Crippen LogP contribution in [0.1, 0.15) is 30.4 Å². The summed E-state index contributed by atoms with van der Waals surface area (Å²) < 4.78 is 0. The third-order valence-corrected chi connectivity index (χ3v) is 6.42. The first-order valence-electron chi connectivity index (χ1n) is 11.5. The number of likely N-dealkylation sites (tertiary alicyclic amines) is 1. The van der Waals surface area contributed by atoms with Gasteiger partial charge in [-0.2, -0.15) is 0 Å². The van der Waals surface area contributed by atoms with Gasteiger partial charge in [0.2, 0.25) is 17.7 Å². The Kier molecular flexibility index (Phi) is 7.20. The van der Waals surface area contributed by atoms with Gasteiger partial charge in [-0.05, 0) is 24.0 Å². The van der Waals surface area contributed by atoms with Crippen molar-refractivity contribution in [1.29, 1.82) is 0 Å². The van der Waals surface area contributed by atoms with Gasteiger partial charge in [0.05, 0.1) is 5.92 Å². The van der Waals surface area contributed by atoms with Crippen LogP contribution in [0.3, 0.4) is 0 Å². The maximum Gasteiger partial charge on any atom is 0.228 e. The van der Waals surface area contributed by atoms with Crippen molar-refractivity contribution in [3.63, 3.8) is 0 Å². The molecule has 6 heteroatoms. The van der Waals surface area contributed by atoms with Gasteiger partial charge in [0, 0.05) is 52.1 Å². The summed E-state index contributed by atoms with van der Waals surface area (Å²) in [5.74, 6) is -0.0260. The molecule has 0 saturated carbocycles. The summed E-state index contributed by atoms with van der Waals surface area (Å²) in [4.78, 5) is 43.5. The van der Waals surface area contributed by atoms with E-state index in [-0.39, 0.29) is 30.1 Å². The van der Waals surface area contributed by atoms with Crippen LogP contribution in [0.5, 0.6) is 0 Å². The molecule has 0 radical (unpaired) electrons. The van der Waals surface area contributed by atoms with Crippen LogP contribution in [0.25, 0.3) is 0 Å². The standard InChI is InChI=1S/C26H31N3O3/c30-24(13-7-12-21-8-3-1-4-9-21)27-14-16-28(17-15-27)26(32)23-18-25(31)29(20-23)19-22-10-5-2-6-11-22/h1-6,8-11,23H,7,12-20H2. The fourth-order valence-corrected chi connectivity index (χ4v) is 4.58. The molecule has 2 aromatic carbocycles. The Balaban J connectivity index is 1.20. The van der Waals surface area contributed by atoms with Crippen molar-refractivity contribution >= 4 is 17.7 Å². The second-order valence-corrected chi connectivity index (χ2v) is 8.71. The normalized spacial score (nSPS) is 18.8. The van der Waals surface area contributed by atoms with Gasteiger partial charge in [-0.25, -0.2) is 0 Å². The van der Waals surface area contributed by atoms with Crippen LogP contribution in [0, 0.1) is 5.92 Å². The molecule has 1 unspecified atom stereocenters. The maximum atomic E-state index is 13.0. The predicted octanol–water partition coefficient (Wildman–Crippen LogP) is 2.73. The lowest BCUT2D eigenvalue weighted by Crippen LogP contribution is -2.52. The molecule has 6 nitrogen and oxygen atoms in total. The molecule has 2 aliphatic rings. The zero-order valence-corrected chi connectivity index (χ0v) is 18.5. The first-order valence-corrected chi connectivity index (χ1v) is 11.5. The van der Waals surface area contributed by atoms with Crippen LogP contribution in [0.15, 0.2) is 60.7 Å². The molecule has 2 saturated heterocycles. The van der Waals surface area contributed by atoms with Crippen molar-refractivity contribution < 1.29 is 14.4 Å². The lowest BCUT2D eigenvalue weighted by atomic mass is 10.1. The number of carbonyl (C=O) groups is 3. The zero-order valence-electron chi connectivity index (χ0n) is 18.5. The molecule has 168 valence electrons. The predicted molar refractivity (Wildman–Crippen MR) is 123 cm³/mol. The molecular formula is C26H31N3O3. The fraction of sp³-hybridized carbons (Fsp3) is 0.423. The Morgan fingerprint density at radius 1 is 0.812 bits per heavy atom. The minimum absolute atomic E-state index is 0.0411. The van der Waals surface area contributed by atoms with Gasteiger partial charge >= 0.3 is 0 Å². The maximum absolute atomic E-state index is 13.0. The molecule has 1 atom stereocenters. The summed E-state index contributed by atoms with van der Waals surface area (Å²) in [6.07, 6.45) is 2.56. The summed E-state index contributed by atoms with van der Waals surface area (Å²) in [7, 11) is 0. The molecule has 2 heterocycles. The highest BCUT2D eigenvalue weighted by molar-refractivity contribution is 5.89. The van der Waals surface area contributed by atoms with Gasteiger partial charge in [-0.3, -0.25) is 14.4 Å². The van der Waals surface area contributed by atoms with Crippen molar-refractivity contribution in [2.24, 2.45) is 5.92 Å². The summed E-state index contributed by atoms with van der Waals surface area (Å²) >= 11 is 0. The number of hydrogen-bond donors (Lipinski definition) is 0. The van der Waals surface area contributed by atoms with Crippen LogP contribution < -0.4 is 0 Å². The highest BCUT2D eigenvalue weighted by Gasteiger charge is 2.37. The summed E-state index contributed by atoms with van der Waals surface area (Å²) in [6, 6.07) is 20.1. The first kappa shape index (κ1) is 22.1. The van der Waals surface area contributed by atoms with Gasteiger partial charge in [0.1, 0.15) is 0 Å². The molecule has 4 rings (SSSR count). The van der Waals surface area contributed by atoms with E-state index in [2.05, 4.69) is 12.1 Å². The summed E-state index contributed by atoms with van der Waals surface area (Å²) in [5, 5.41) is 0. The van der Waals surface area contributed by atoms with Crippen molar-refractivity contribution in [2.75, 3.05) is 32.7 Å². The molecule has 0 aromatic heterocycles. The van der Waals surface area contributed by atoms with Crippen molar-refractivity contribution in [3.8, 4) is 0 Å². The zero-order chi connectivity index (χ0) is 22.3. The molecule has 3 amide bonds. The fourth-order valence-electron chi connectivity index (χ4n) is 4.58. The Bertz CT molecular complexity index is 924. The number of rotatable bonds is 7. The number of hydrogen-bond acceptors (Lipinski definition) is 3. The van der Waals surface area contributed by atoms with Gasteiger partial charge in [0.15, 0.2) is 0 Å². The van der Waals surface area contributed by atoms with Crippen molar-refractivity contribution in [1.82, 2.24) is 14.7 Å². The van der Waals surface area contributed by atoms with Crippen molar-refractivity contribution in [3.05, 3.63) is 71.8 Å². The Morgan fingerprint density at radius 2 is 1.41 bits per heavy atom. The molecule has 0 spiro atoms. The van der Waals surface area contributed by atoms with Gasteiger partial charge in [0.25, 0.3) is 0 Å². The van der Waals surface area contributed by atoms with Crippen LogP contribution in [-0.4, -0.2) is 65.1 Å². The molecule has 2 fully saturated rings. The van der Waals surface area contributed by atoms with Crippen LogP contribution in [0.2, 0.25) is 0 Å². The third kappa shape index (κ3) is 5.55. The number of piperazine rings is 1. The van der Waals surface area contributed by atoms with Gasteiger partial charge < -0.3 is 14.7 Å². The average molecular weight is 434 g/mol. The van der Waals surface area contributed by atoms with E-state index in [0.717, 1.165) is 18.4 Å². The van der Waals surface area contributed by atoms with Gasteiger partial charge in [-0.15, -0.1) is 0 Å². The Hall–Kier alpha value is -3.15. The van der Waals surface area contributed by atoms with E-state index >= 15 is 0 Å². The Morgan fingerprint density at radius 3 is 2.06 bits per heavy atom. The monoisotopic (exact) mass is 433 g/mol. The molecular weight excluding hydrogens is 402 g/mol. The second kappa shape index (κ2) is 10.4. The third-order valence-electron chi connectivity index (χ3n) is 6.42. The lowest BCUT2D eigenvalue weighted by molar-refractivity contribution is -0.142. The number of benzene rings is 2. The van der Waals surface area contributed by atoms with E-state index in [0.29, 0.717) is 45.7 Å². The number of nitrogens with zero attached hydrogens (tertiary/aromatic N) is 3. The van der Waals surface area contributed by atoms with Gasteiger partial charge in [-0.1, -0.05) is 60.7 Å². The van der Waals surface area contributed by atoms with E-state index < -0.39 is 0 Å². The Labute approximate surface area is 189 Å². The molecule has 0 aliphatic carbocycles. The molecule has 32 heavy (non-hydrogen) atoms. The highest BCUT2D eigenvalue weighted by atomic mass is 16.2. The number of carbonyl (C=O) groups excluding carboxylic acids is 3. The van der Waals surface area contributed by atoms with E-state index in [1.54, 1.807) is 4.90 Å². The molecule has 0 N–H and O–H groups in total. The molecule has 2 aliphatic heterocycles. The highest BCUT2D eigenvalue weighted by Crippen LogP contribution is 2.23. The number of amides is 3.